The Labute approximate surface area is 151 Å². The van der Waals surface area contributed by atoms with Crippen LogP contribution in [0.25, 0.3) is 11.1 Å². The Kier molecular flexibility index (Phi) is 6.45. The largest absolute Gasteiger partial charge is 0.480 e. The van der Waals surface area contributed by atoms with E-state index in [1.54, 1.807) is 12.1 Å². The van der Waals surface area contributed by atoms with E-state index in [4.69, 9.17) is 5.84 Å². The van der Waals surface area contributed by atoms with Crippen LogP contribution in [0.4, 0.5) is 0 Å². The van der Waals surface area contributed by atoms with Gasteiger partial charge >= 0.3 is 5.97 Å². The van der Waals surface area contributed by atoms with Crippen molar-refractivity contribution in [2.45, 2.75) is 23.8 Å². The summed E-state index contributed by atoms with van der Waals surface area (Å²) >= 11 is 0. The minimum atomic E-state index is -4.05. The highest BCUT2D eigenvalue weighted by atomic mass is 32.2. The number of hydrogen-bond donors (Lipinski definition) is 4. The van der Waals surface area contributed by atoms with Gasteiger partial charge in [0.2, 0.25) is 15.9 Å². The monoisotopic (exact) mass is 377 g/mol. The molecule has 0 fully saturated rings. The molecule has 2 aromatic rings. The standard InChI is InChI=1S/C17H19N3O5S/c18-19-16(21)11-10-15(17(22)23)20-26(24,25)14-8-6-13(7-9-14)12-4-2-1-3-5-12/h1-9,15,20H,10-11,18H2,(H,19,21)(H,22,23)/t15-/m0/s1. The number of aliphatic carboxylic acids is 1. The average molecular weight is 377 g/mol. The zero-order chi connectivity index (χ0) is 19.2. The molecule has 138 valence electrons. The van der Waals surface area contributed by atoms with Crippen molar-refractivity contribution in [3.8, 4) is 11.1 Å². The van der Waals surface area contributed by atoms with E-state index < -0.39 is 27.9 Å². The SMILES string of the molecule is NNC(=O)CC[C@H](NS(=O)(=O)c1ccc(-c2ccccc2)cc1)C(=O)O. The van der Waals surface area contributed by atoms with E-state index in [0.29, 0.717) is 0 Å². The van der Waals surface area contributed by atoms with Gasteiger partial charge in [-0.1, -0.05) is 42.5 Å². The van der Waals surface area contributed by atoms with Crippen molar-refractivity contribution in [1.29, 1.82) is 0 Å². The Morgan fingerprint density at radius 2 is 1.58 bits per heavy atom. The van der Waals surface area contributed by atoms with Crippen LogP contribution in [0.1, 0.15) is 12.8 Å². The molecule has 0 spiro atoms. The molecule has 0 saturated carbocycles. The van der Waals surface area contributed by atoms with Crippen LogP contribution in [-0.4, -0.2) is 31.4 Å². The molecule has 5 N–H and O–H groups in total. The summed E-state index contributed by atoms with van der Waals surface area (Å²) in [5, 5.41) is 9.17. The lowest BCUT2D eigenvalue weighted by Gasteiger charge is -2.14. The van der Waals surface area contributed by atoms with Crippen LogP contribution in [0, 0.1) is 0 Å². The van der Waals surface area contributed by atoms with Gasteiger partial charge in [-0.05, 0) is 29.7 Å². The predicted molar refractivity (Wildman–Crippen MR) is 95.2 cm³/mol. The number of hydrogen-bond acceptors (Lipinski definition) is 5. The third-order valence-electron chi connectivity index (χ3n) is 3.69. The van der Waals surface area contributed by atoms with Gasteiger partial charge in [0.25, 0.3) is 0 Å². The van der Waals surface area contributed by atoms with E-state index in [0.717, 1.165) is 11.1 Å². The van der Waals surface area contributed by atoms with Gasteiger partial charge in [-0.25, -0.2) is 14.3 Å². The zero-order valence-corrected chi connectivity index (χ0v) is 14.6. The molecule has 8 nitrogen and oxygen atoms in total. The van der Waals surface area contributed by atoms with Crippen LogP contribution in [0.15, 0.2) is 59.5 Å². The molecule has 9 heteroatoms. The molecule has 26 heavy (non-hydrogen) atoms. The molecule has 1 atom stereocenters. The number of carboxylic acids is 1. The summed E-state index contributed by atoms with van der Waals surface area (Å²) in [6.07, 6.45) is -0.442. The molecule has 1 amide bonds. The van der Waals surface area contributed by atoms with Crippen molar-refractivity contribution in [2.24, 2.45) is 5.84 Å². The third-order valence-corrected chi connectivity index (χ3v) is 5.18. The number of sulfonamides is 1. The second kappa shape index (κ2) is 8.56. The molecule has 0 saturated heterocycles. The summed E-state index contributed by atoms with van der Waals surface area (Å²) < 4.78 is 26.9. The number of hydrazine groups is 1. The van der Waals surface area contributed by atoms with Crippen LogP contribution < -0.4 is 16.0 Å². The summed E-state index contributed by atoms with van der Waals surface area (Å²) in [4.78, 5) is 22.3. The number of amides is 1. The van der Waals surface area contributed by atoms with Crippen molar-refractivity contribution in [1.82, 2.24) is 10.1 Å². The highest BCUT2D eigenvalue weighted by Crippen LogP contribution is 2.21. The summed E-state index contributed by atoms with van der Waals surface area (Å²) in [7, 11) is -4.05. The van der Waals surface area contributed by atoms with Gasteiger partial charge in [-0.15, -0.1) is 0 Å². The molecule has 0 heterocycles. The molecule has 0 aromatic heterocycles. The summed E-state index contributed by atoms with van der Waals surface area (Å²) in [6.45, 7) is 0. The van der Waals surface area contributed by atoms with E-state index in [1.807, 2.05) is 35.8 Å². The van der Waals surface area contributed by atoms with Gasteiger partial charge in [0.1, 0.15) is 6.04 Å². The van der Waals surface area contributed by atoms with Gasteiger partial charge < -0.3 is 5.11 Å². The van der Waals surface area contributed by atoms with Crippen molar-refractivity contribution < 1.29 is 23.1 Å². The lowest BCUT2D eigenvalue weighted by molar-refractivity contribution is -0.139. The van der Waals surface area contributed by atoms with Gasteiger partial charge in [-0.3, -0.25) is 15.0 Å². The molecule has 0 unspecified atom stereocenters. The van der Waals surface area contributed by atoms with Gasteiger partial charge in [0.05, 0.1) is 4.90 Å². The fourth-order valence-electron chi connectivity index (χ4n) is 2.29. The van der Waals surface area contributed by atoms with E-state index in [2.05, 4.69) is 4.72 Å². The number of carbonyl (C=O) groups excluding carboxylic acids is 1. The van der Waals surface area contributed by atoms with E-state index in [1.165, 1.54) is 12.1 Å². The minimum Gasteiger partial charge on any atom is -0.480 e. The van der Waals surface area contributed by atoms with Crippen LogP contribution in [0.3, 0.4) is 0 Å². The number of nitrogens with one attached hydrogen (secondary N) is 2. The lowest BCUT2D eigenvalue weighted by Crippen LogP contribution is -2.42. The van der Waals surface area contributed by atoms with Crippen LogP contribution >= 0.6 is 0 Å². The van der Waals surface area contributed by atoms with Crippen LogP contribution in [0.5, 0.6) is 0 Å². The molecule has 2 aromatic carbocycles. The first-order valence-corrected chi connectivity index (χ1v) is 9.22. The molecular weight excluding hydrogens is 358 g/mol. The minimum absolute atomic E-state index is 0.0632. The third kappa shape index (κ3) is 5.12. The Bertz CT molecular complexity index is 867. The first-order chi connectivity index (χ1) is 12.3. The van der Waals surface area contributed by atoms with Crippen LogP contribution in [0.2, 0.25) is 0 Å². The lowest BCUT2D eigenvalue weighted by atomic mass is 10.1. The fourth-order valence-corrected chi connectivity index (χ4v) is 3.52. The van der Waals surface area contributed by atoms with Gasteiger partial charge in [0.15, 0.2) is 0 Å². The topological polar surface area (TPSA) is 139 Å². The normalized spacial score (nSPS) is 12.3. The molecule has 0 bridgehead atoms. The predicted octanol–water partition coefficient (Wildman–Crippen LogP) is 0.855. The summed E-state index contributed by atoms with van der Waals surface area (Å²) in [6, 6.07) is 14.0. The maximum absolute atomic E-state index is 12.4. The number of benzene rings is 2. The molecule has 0 aliphatic heterocycles. The molecule has 0 aliphatic rings. The molecule has 2 rings (SSSR count). The van der Waals surface area contributed by atoms with E-state index in [9.17, 15) is 23.1 Å². The first-order valence-electron chi connectivity index (χ1n) is 7.73. The van der Waals surface area contributed by atoms with Crippen molar-refractivity contribution in [3.05, 3.63) is 54.6 Å². The summed E-state index contributed by atoms with van der Waals surface area (Å²) in [5.41, 5.74) is 3.63. The van der Waals surface area contributed by atoms with Gasteiger partial charge in [-0.2, -0.15) is 4.72 Å². The first kappa shape index (κ1) is 19.6. The smallest absolute Gasteiger partial charge is 0.321 e. The van der Waals surface area contributed by atoms with Gasteiger partial charge in [0, 0.05) is 6.42 Å². The highest BCUT2D eigenvalue weighted by molar-refractivity contribution is 7.89. The van der Waals surface area contributed by atoms with Crippen molar-refractivity contribution in [2.75, 3.05) is 0 Å². The molecular formula is C17H19N3O5S. The average Bonchev–Trinajstić information content (AvgIpc) is 2.65. The number of carbonyl (C=O) groups is 2. The Balaban J connectivity index is 2.15. The molecule has 0 aliphatic carbocycles. The zero-order valence-electron chi connectivity index (χ0n) is 13.8. The Morgan fingerprint density at radius 1 is 1.00 bits per heavy atom. The van der Waals surface area contributed by atoms with E-state index in [-0.39, 0.29) is 17.7 Å². The van der Waals surface area contributed by atoms with Crippen molar-refractivity contribution >= 4 is 21.9 Å². The number of carboxylic acid groups (broad SMARTS) is 1. The number of rotatable bonds is 8. The maximum atomic E-state index is 12.4. The maximum Gasteiger partial charge on any atom is 0.321 e. The van der Waals surface area contributed by atoms with Crippen LogP contribution in [-0.2, 0) is 19.6 Å². The highest BCUT2D eigenvalue weighted by Gasteiger charge is 2.25. The number of nitrogens with two attached hydrogens (primary N) is 1. The van der Waals surface area contributed by atoms with E-state index >= 15 is 0 Å². The second-order valence-electron chi connectivity index (χ2n) is 5.51. The second-order valence-corrected chi connectivity index (χ2v) is 7.22. The Hall–Kier alpha value is -2.75. The molecule has 0 radical (unpaired) electrons. The Morgan fingerprint density at radius 3 is 2.12 bits per heavy atom. The fraction of sp³-hybridized carbons (Fsp3) is 0.176. The quantitative estimate of drug-likeness (QED) is 0.306. The van der Waals surface area contributed by atoms with Crippen molar-refractivity contribution in [3.63, 3.8) is 0 Å². The summed E-state index contributed by atoms with van der Waals surface area (Å²) in [5.74, 6) is 2.97.